The number of hydrogen-bond acceptors (Lipinski definition) is 3. The highest BCUT2D eigenvalue weighted by molar-refractivity contribution is 6.31. The SMILES string of the molecule is CC1CC(C)CN(C(=O)CCN2C(=O)C(C)(C)Oc3ccc(Cl)cc32)C1. The number of halogens is 1. The fraction of sp³-hybridized carbons (Fsp3) is 0.600. The summed E-state index contributed by atoms with van der Waals surface area (Å²) in [6.45, 7) is 9.79. The van der Waals surface area contributed by atoms with Crippen molar-refractivity contribution in [2.24, 2.45) is 11.8 Å². The lowest BCUT2D eigenvalue weighted by molar-refractivity contribution is -0.134. The maximum Gasteiger partial charge on any atom is 0.270 e. The van der Waals surface area contributed by atoms with Gasteiger partial charge in [0.1, 0.15) is 5.75 Å². The fourth-order valence-corrected chi connectivity index (χ4v) is 4.16. The molecule has 2 unspecified atom stereocenters. The number of carbonyl (C=O) groups is 2. The minimum absolute atomic E-state index is 0.101. The maximum atomic E-state index is 12.8. The largest absolute Gasteiger partial charge is 0.476 e. The van der Waals surface area contributed by atoms with Crippen LogP contribution in [-0.2, 0) is 9.59 Å². The van der Waals surface area contributed by atoms with Crippen LogP contribution < -0.4 is 9.64 Å². The molecule has 0 radical (unpaired) electrons. The Bertz CT molecular complexity index is 709. The number of nitrogens with zero attached hydrogens (tertiary/aromatic N) is 2. The highest BCUT2D eigenvalue weighted by Crippen LogP contribution is 2.39. The normalized spacial score (nSPS) is 24.9. The molecule has 1 aromatic carbocycles. The summed E-state index contributed by atoms with van der Waals surface area (Å²) in [6.07, 6.45) is 1.46. The molecule has 0 saturated carbocycles. The predicted molar refractivity (Wildman–Crippen MR) is 103 cm³/mol. The third-order valence-corrected chi connectivity index (χ3v) is 5.34. The van der Waals surface area contributed by atoms with E-state index in [0.29, 0.717) is 41.3 Å². The van der Waals surface area contributed by atoms with E-state index in [2.05, 4.69) is 13.8 Å². The first-order chi connectivity index (χ1) is 12.2. The highest BCUT2D eigenvalue weighted by Gasteiger charge is 2.41. The summed E-state index contributed by atoms with van der Waals surface area (Å²) in [5, 5.41) is 0.537. The second-order valence-corrected chi connectivity index (χ2v) is 8.61. The summed E-state index contributed by atoms with van der Waals surface area (Å²) >= 11 is 6.11. The summed E-state index contributed by atoms with van der Waals surface area (Å²) in [7, 11) is 0. The van der Waals surface area contributed by atoms with E-state index in [1.165, 1.54) is 0 Å². The van der Waals surface area contributed by atoms with Crippen LogP contribution in [0.5, 0.6) is 5.75 Å². The van der Waals surface area contributed by atoms with Crippen LogP contribution in [-0.4, -0.2) is 41.9 Å². The number of ether oxygens (including phenoxy) is 1. The average Bonchev–Trinajstić information content (AvgIpc) is 2.55. The Balaban J connectivity index is 1.75. The second-order valence-electron chi connectivity index (χ2n) is 8.18. The lowest BCUT2D eigenvalue weighted by Gasteiger charge is -2.39. The van der Waals surface area contributed by atoms with E-state index in [1.807, 2.05) is 4.90 Å². The highest BCUT2D eigenvalue weighted by atomic mass is 35.5. The summed E-state index contributed by atoms with van der Waals surface area (Å²) < 4.78 is 5.82. The van der Waals surface area contributed by atoms with Gasteiger partial charge in [-0.1, -0.05) is 25.4 Å². The number of fused-ring (bicyclic) bond motifs is 1. The number of carbonyl (C=O) groups excluding carboxylic acids is 2. The molecule has 142 valence electrons. The molecule has 6 heteroatoms. The average molecular weight is 379 g/mol. The van der Waals surface area contributed by atoms with Crippen LogP contribution in [0, 0.1) is 11.8 Å². The van der Waals surface area contributed by atoms with E-state index in [-0.39, 0.29) is 11.8 Å². The van der Waals surface area contributed by atoms with Crippen molar-refractivity contribution in [3.05, 3.63) is 23.2 Å². The van der Waals surface area contributed by atoms with Gasteiger partial charge in [0.2, 0.25) is 5.91 Å². The summed E-state index contributed by atoms with van der Waals surface area (Å²) in [5.74, 6) is 1.61. The molecule has 5 nitrogen and oxygen atoms in total. The molecular formula is C20H27ClN2O3. The molecular weight excluding hydrogens is 352 g/mol. The van der Waals surface area contributed by atoms with Crippen molar-refractivity contribution in [2.75, 3.05) is 24.5 Å². The Kier molecular flexibility index (Phi) is 5.20. The van der Waals surface area contributed by atoms with E-state index in [4.69, 9.17) is 16.3 Å². The van der Waals surface area contributed by atoms with E-state index >= 15 is 0 Å². The van der Waals surface area contributed by atoms with Crippen molar-refractivity contribution in [3.8, 4) is 5.75 Å². The van der Waals surface area contributed by atoms with Crippen molar-refractivity contribution in [1.82, 2.24) is 4.90 Å². The first-order valence-electron chi connectivity index (χ1n) is 9.25. The standard InChI is InChI=1S/C20H27ClN2O3/c1-13-9-14(2)12-22(11-13)18(24)7-8-23-16-10-15(21)5-6-17(16)26-20(3,4)19(23)25/h5-6,10,13-14H,7-9,11-12H2,1-4H3. The van der Waals surface area contributed by atoms with Crippen molar-refractivity contribution in [3.63, 3.8) is 0 Å². The topological polar surface area (TPSA) is 49.9 Å². The quantitative estimate of drug-likeness (QED) is 0.805. The Morgan fingerprint density at radius 1 is 1.27 bits per heavy atom. The molecule has 2 aliphatic heterocycles. The zero-order chi connectivity index (χ0) is 19.1. The van der Waals surface area contributed by atoms with Crippen LogP contribution >= 0.6 is 11.6 Å². The van der Waals surface area contributed by atoms with Gasteiger partial charge in [-0.25, -0.2) is 0 Å². The number of benzene rings is 1. The summed E-state index contributed by atoms with van der Waals surface area (Å²) in [6, 6.07) is 5.24. The number of likely N-dealkylation sites (tertiary alicyclic amines) is 1. The Morgan fingerprint density at radius 2 is 1.92 bits per heavy atom. The van der Waals surface area contributed by atoms with Crippen molar-refractivity contribution < 1.29 is 14.3 Å². The molecule has 1 fully saturated rings. The predicted octanol–water partition coefficient (Wildman–Crippen LogP) is 3.74. The van der Waals surface area contributed by atoms with Crippen LogP contribution in [0.2, 0.25) is 5.02 Å². The molecule has 1 saturated heterocycles. The second kappa shape index (κ2) is 7.10. The summed E-state index contributed by atoms with van der Waals surface area (Å²) in [4.78, 5) is 29.1. The Labute approximate surface area is 160 Å². The minimum Gasteiger partial charge on any atom is -0.476 e. The van der Waals surface area contributed by atoms with Crippen molar-refractivity contribution in [2.45, 2.75) is 46.1 Å². The van der Waals surface area contributed by atoms with Crippen molar-refractivity contribution in [1.29, 1.82) is 0 Å². The van der Waals surface area contributed by atoms with Crippen LogP contribution in [0.25, 0.3) is 0 Å². The molecule has 2 atom stereocenters. The molecule has 26 heavy (non-hydrogen) atoms. The first-order valence-corrected chi connectivity index (χ1v) is 9.63. The molecule has 2 heterocycles. The monoisotopic (exact) mass is 378 g/mol. The van der Waals surface area contributed by atoms with Crippen LogP contribution in [0.15, 0.2) is 18.2 Å². The van der Waals surface area contributed by atoms with Gasteiger partial charge < -0.3 is 14.5 Å². The van der Waals surface area contributed by atoms with E-state index in [0.717, 1.165) is 19.5 Å². The van der Waals surface area contributed by atoms with Gasteiger partial charge >= 0.3 is 0 Å². The van der Waals surface area contributed by atoms with Gasteiger partial charge in [-0.15, -0.1) is 0 Å². The molecule has 2 amide bonds. The van der Waals surface area contributed by atoms with Gasteiger partial charge in [0.05, 0.1) is 5.69 Å². The fourth-order valence-electron chi connectivity index (χ4n) is 3.99. The van der Waals surface area contributed by atoms with E-state index in [1.54, 1.807) is 36.9 Å². The van der Waals surface area contributed by atoms with Gasteiger partial charge in [0.25, 0.3) is 5.91 Å². The van der Waals surface area contributed by atoms with Gasteiger partial charge in [0, 0.05) is 31.1 Å². The summed E-state index contributed by atoms with van der Waals surface area (Å²) in [5.41, 5.74) is -0.326. The van der Waals surface area contributed by atoms with Gasteiger partial charge in [-0.05, 0) is 50.3 Å². The first kappa shape index (κ1) is 19.0. The van der Waals surface area contributed by atoms with E-state index in [9.17, 15) is 9.59 Å². The number of piperidine rings is 1. The smallest absolute Gasteiger partial charge is 0.270 e. The molecule has 3 rings (SSSR count). The molecule has 2 aliphatic rings. The maximum absolute atomic E-state index is 12.8. The molecule has 0 bridgehead atoms. The molecule has 0 aromatic heterocycles. The Morgan fingerprint density at radius 3 is 2.58 bits per heavy atom. The van der Waals surface area contributed by atoms with Gasteiger partial charge in [0.15, 0.2) is 5.60 Å². The third-order valence-electron chi connectivity index (χ3n) is 5.11. The third kappa shape index (κ3) is 3.83. The van der Waals surface area contributed by atoms with E-state index < -0.39 is 5.60 Å². The minimum atomic E-state index is -0.960. The lowest BCUT2D eigenvalue weighted by Crippen LogP contribution is -2.53. The molecule has 1 aromatic rings. The number of anilines is 1. The zero-order valence-electron chi connectivity index (χ0n) is 15.9. The number of amides is 2. The van der Waals surface area contributed by atoms with Crippen molar-refractivity contribution >= 4 is 29.1 Å². The lowest BCUT2D eigenvalue weighted by atomic mass is 9.92. The van der Waals surface area contributed by atoms with Gasteiger partial charge in [-0.2, -0.15) is 0 Å². The van der Waals surface area contributed by atoms with Crippen LogP contribution in [0.3, 0.4) is 0 Å². The zero-order valence-corrected chi connectivity index (χ0v) is 16.7. The van der Waals surface area contributed by atoms with Crippen LogP contribution in [0.4, 0.5) is 5.69 Å². The van der Waals surface area contributed by atoms with Crippen LogP contribution in [0.1, 0.15) is 40.5 Å². The Hall–Kier alpha value is -1.75. The molecule has 0 spiro atoms. The number of hydrogen-bond donors (Lipinski definition) is 0. The number of rotatable bonds is 3. The molecule has 0 N–H and O–H groups in total. The molecule has 0 aliphatic carbocycles. The van der Waals surface area contributed by atoms with Gasteiger partial charge in [-0.3, -0.25) is 9.59 Å².